The normalized spacial score (nSPS) is 15.4. The van der Waals surface area contributed by atoms with Gasteiger partial charge in [0.25, 0.3) is 6.47 Å². The molecule has 0 radical (unpaired) electrons. The first kappa shape index (κ1) is 8.10. The zero-order valence-corrected chi connectivity index (χ0v) is 7.19. The van der Waals surface area contributed by atoms with Gasteiger partial charge in [0.05, 0.1) is 0 Å². The number of ether oxygens (including phenoxy) is 1. The molecule has 1 aliphatic carbocycles. The lowest BCUT2D eigenvalue weighted by atomic mass is 10.1. The molecule has 0 aromatic heterocycles. The van der Waals surface area contributed by atoms with Crippen molar-refractivity contribution in [1.29, 1.82) is 0 Å². The van der Waals surface area contributed by atoms with Crippen LogP contribution in [-0.4, -0.2) is 6.47 Å². The minimum atomic E-state index is 0.445. The molecule has 3 heteroatoms. The first-order valence-electron chi connectivity index (χ1n) is 4.31. The molecular weight excluding hydrogens is 166 g/mol. The van der Waals surface area contributed by atoms with Gasteiger partial charge in [-0.1, -0.05) is 6.07 Å². The van der Waals surface area contributed by atoms with Gasteiger partial charge in [-0.2, -0.15) is 0 Å². The molecule has 1 fully saturated rings. The predicted molar refractivity (Wildman–Crippen MR) is 49.5 cm³/mol. The fraction of sp³-hybridized carbons (Fsp3) is 0.300. The second-order valence-corrected chi connectivity index (χ2v) is 3.25. The van der Waals surface area contributed by atoms with E-state index in [0.717, 1.165) is 24.1 Å². The van der Waals surface area contributed by atoms with E-state index >= 15 is 0 Å². The number of hydrogen-bond donors (Lipinski definition) is 1. The Labute approximate surface area is 76.5 Å². The zero-order valence-electron chi connectivity index (χ0n) is 7.19. The second kappa shape index (κ2) is 3.09. The van der Waals surface area contributed by atoms with Gasteiger partial charge in [0.2, 0.25) is 0 Å². The van der Waals surface area contributed by atoms with Crippen LogP contribution in [0.5, 0.6) is 5.75 Å². The van der Waals surface area contributed by atoms with Gasteiger partial charge in [0.15, 0.2) is 0 Å². The molecule has 68 valence electrons. The van der Waals surface area contributed by atoms with Gasteiger partial charge in [-0.05, 0) is 30.9 Å². The molecule has 1 aromatic carbocycles. The highest BCUT2D eigenvalue weighted by Crippen LogP contribution is 2.46. The monoisotopic (exact) mass is 177 g/mol. The van der Waals surface area contributed by atoms with Gasteiger partial charge < -0.3 is 10.5 Å². The maximum atomic E-state index is 10.2. The van der Waals surface area contributed by atoms with Gasteiger partial charge in [-0.15, -0.1) is 0 Å². The van der Waals surface area contributed by atoms with E-state index in [9.17, 15) is 4.79 Å². The third kappa shape index (κ3) is 1.49. The van der Waals surface area contributed by atoms with Crippen molar-refractivity contribution in [3.05, 3.63) is 23.8 Å². The predicted octanol–water partition coefficient (Wildman–Crippen LogP) is 1.68. The molecular formula is C10H11NO2. The molecule has 0 aliphatic heterocycles. The van der Waals surface area contributed by atoms with Crippen molar-refractivity contribution in [1.82, 2.24) is 0 Å². The molecule has 0 saturated heterocycles. The van der Waals surface area contributed by atoms with Gasteiger partial charge in [0.1, 0.15) is 5.75 Å². The Morgan fingerprint density at radius 3 is 2.85 bits per heavy atom. The van der Waals surface area contributed by atoms with E-state index in [-0.39, 0.29) is 0 Å². The molecule has 2 rings (SSSR count). The molecule has 0 atom stereocenters. The van der Waals surface area contributed by atoms with E-state index in [4.69, 9.17) is 10.5 Å². The summed E-state index contributed by atoms with van der Waals surface area (Å²) in [5.41, 5.74) is 7.52. The fourth-order valence-corrected chi connectivity index (χ4v) is 1.52. The van der Waals surface area contributed by atoms with Crippen molar-refractivity contribution >= 4 is 12.2 Å². The highest BCUT2D eigenvalue weighted by Gasteiger charge is 2.28. The van der Waals surface area contributed by atoms with Crippen LogP contribution in [0.2, 0.25) is 0 Å². The molecule has 2 N–H and O–H groups in total. The van der Waals surface area contributed by atoms with Crippen molar-refractivity contribution in [2.24, 2.45) is 0 Å². The molecule has 13 heavy (non-hydrogen) atoms. The summed E-state index contributed by atoms with van der Waals surface area (Å²) in [5.74, 6) is 1.11. The van der Waals surface area contributed by atoms with Crippen molar-refractivity contribution in [3.63, 3.8) is 0 Å². The Morgan fingerprint density at radius 2 is 2.23 bits per heavy atom. The molecule has 0 unspecified atom stereocenters. The quantitative estimate of drug-likeness (QED) is 0.564. The van der Waals surface area contributed by atoms with E-state index in [1.165, 1.54) is 0 Å². The number of nitrogen functional groups attached to an aromatic ring is 1. The lowest BCUT2D eigenvalue weighted by Crippen LogP contribution is -1.98. The van der Waals surface area contributed by atoms with Gasteiger partial charge >= 0.3 is 0 Å². The first-order valence-corrected chi connectivity index (χ1v) is 4.31. The Morgan fingerprint density at radius 1 is 1.46 bits per heavy atom. The third-order valence-corrected chi connectivity index (χ3v) is 2.26. The summed E-state index contributed by atoms with van der Waals surface area (Å²) in [6.07, 6.45) is 2.28. The average Bonchev–Trinajstić information content (AvgIpc) is 2.88. The van der Waals surface area contributed by atoms with Crippen LogP contribution in [-0.2, 0) is 4.79 Å². The molecule has 3 nitrogen and oxygen atoms in total. The first-order chi connectivity index (χ1) is 6.33. The van der Waals surface area contributed by atoms with E-state index < -0.39 is 0 Å². The van der Waals surface area contributed by atoms with Crippen LogP contribution in [0.3, 0.4) is 0 Å². The molecule has 0 heterocycles. The largest absolute Gasteiger partial charge is 0.428 e. The average molecular weight is 177 g/mol. The molecule has 0 spiro atoms. The van der Waals surface area contributed by atoms with Crippen LogP contribution in [0.1, 0.15) is 24.3 Å². The fourth-order valence-electron chi connectivity index (χ4n) is 1.52. The van der Waals surface area contributed by atoms with Crippen LogP contribution >= 0.6 is 0 Å². The lowest BCUT2D eigenvalue weighted by Gasteiger charge is -2.08. The van der Waals surface area contributed by atoms with Crippen molar-refractivity contribution in [3.8, 4) is 5.75 Å². The van der Waals surface area contributed by atoms with Gasteiger partial charge in [-0.3, -0.25) is 4.79 Å². The standard InChI is InChI=1S/C10H11NO2/c11-8-2-1-3-9(13-6-12)10(8)7-4-5-7/h1-3,6-7H,4-5,11H2. The summed E-state index contributed by atoms with van der Waals surface area (Å²) in [4.78, 5) is 10.2. The maximum absolute atomic E-state index is 10.2. The topological polar surface area (TPSA) is 52.3 Å². The van der Waals surface area contributed by atoms with E-state index in [1.54, 1.807) is 12.1 Å². The van der Waals surface area contributed by atoms with Crippen LogP contribution in [0, 0.1) is 0 Å². The minimum absolute atomic E-state index is 0.445. The summed E-state index contributed by atoms with van der Waals surface area (Å²) in [7, 11) is 0. The minimum Gasteiger partial charge on any atom is -0.428 e. The molecule has 1 aliphatic rings. The van der Waals surface area contributed by atoms with E-state index in [1.807, 2.05) is 6.07 Å². The summed E-state index contributed by atoms with van der Waals surface area (Å²) in [6, 6.07) is 5.41. The van der Waals surface area contributed by atoms with E-state index in [0.29, 0.717) is 18.1 Å². The third-order valence-electron chi connectivity index (χ3n) is 2.26. The summed E-state index contributed by atoms with van der Waals surface area (Å²) in [5, 5.41) is 0. The Balaban J connectivity index is 2.40. The molecule has 1 saturated carbocycles. The molecule has 0 bridgehead atoms. The Kier molecular flexibility index (Phi) is 1.93. The highest BCUT2D eigenvalue weighted by molar-refractivity contribution is 5.60. The Hall–Kier alpha value is -1.51. The van der Waals surface area contributed by atoms with Crippen LogP contribution in [0.25, 0.3) is 0 Å². The van der Waals surface area contributed by atoms with Gasteiger partial charge in [-0.25, -0.2) is 0 Å². The van der Waals surface area contributed by atoms with E-state index in [2.05, 4.69) is 0 Å². The number of nitrogens with two attached hydrogens (primary N) is 1. The number of hydrogen-bond acceptors (Lipinski definition) is 3. The summed E-state index contributed by atoms with van der Waals surface area (Å²) < 4.78 is 4.86. The maximum Gasteiger partial charge on any atom is 0.298 e. The SMILES string of the molecule is Nc1cccc(OC=O)c1C1CC1. The molecule has 0 amide bonds. The van der Waals surface area contributed by atoms with Crippen molar-refractivity contribution in [2.75, 3.05) is 5.73 Å². The number of anilines is 1. The smallest absolute Gasteiger partial charge is 0.298 e. The van der Waals surface area contributed by atoms with Crippen molar-refractivity contribution < 1.29 is 9.53 Å². The number of rotatable bonds is 3. The van der Waals surface area contributed by atoms with Crippen LogP contribution in [0.4, 0.5) is 5.69 Å². The summed E-state index contributed by atoms with van der Waals surface area (Å²) >= 11 is 0. The number of benzene rings is 1. The second-order valence-electron chi connectivity index (χ2n) is 3.25. The lowest BCUT2D eigenvalue weighted by molar-refractivity contribution is -0.120. The summed E-state index contributed by atoms with van der Waals surface area (Å²) in [6.45, 7) is 0.445. The number of carbonyl (C=O) groups is 1. The van der Waals surface area contributed by atoms with Gasteiger partial charge in [0, 0.05) is 11.3 Å². The van der Waals surface area contributed by atoms with Crippen LogP contribution < -0.4 is 10.5 Å². The highest BCUT2D eigenvalue weighted by atomic mass is 16.5. The number of carbonyl (C=O) groups excluding carboxylic acids is 1. The Bertz CT molecular complexity index is 332. The van der Waals surface area contributed by atoms with Crippen LogP contribution in [0.15, 0.2) is 18.2 Å². The molecule has 1 aromatic rings. The zero-order chi connectivity index (χ0) is 9.26. The van der Waals surface area contributed by atoms with Crippen molar-refractivity contribution in [2.45, 2.75) is 18.8 Å².